The van der Waals surface area contributed by atoms with Gasteiger partial charge in [0.2, 0.25) is 0 Å². The Labute approximate surface area is 119 Å². The molecule has 0 radical (unpaired) electrons. The molecule has 4 heteroatoms. The maximum absolute atomic E-state index is 10.8. The third kappa shape index (κ3) is 3.09. The van der Waals surface area contributed by atoms with Crippen molar-refractivity contribution in [1.82, 2.24) is 4.98 Å². The number of aromatic hydroxyl groups is 1. The molecule has 2 rings (SSSR count). The quantitative estimate of drug-likeness (QED) is 0.696. The van der Waals surface area contributed by atoms with E-state index in [4.69, 9.17) is 0 Å². The molecule has 0 spiro atoms. The number of carbonyl (C=O) groups excluding carboxylic acids is 1. The molecule has 0 bridgehead atoms. The molecule has 96 valence electrons. The molecule has 0 amide bonds. The number of aryl methyl sites for hydroxylation is 1. The number of hydrogen-bond acceptors (Lipinski definition) is 3. The molecule has 0 aliphatic carbocycles. The van der Waals surface area contributed by atoms with Gasteiger partial charge in [0.15, 0.2) is 0 Å². The van der Waals surface area contributed by atoms with Gasteiger partial charge in [-0.1, -0.05) is 22.0 Å². The highest BCUT2D eigenvalue weighted by Crippen LogP contribution is 2.31. The molecule has 0 atom stereocenters. The molecule has 0 saturated heterocycles. The maximum atomic E-state index is 10.8. The van der Waals surface area contributed by atoms with Crippen LogP contribution in [-0.4, -0.2) is 16.4 Å². The van der Waals surface area contributed by atoms with Crippen LogP contribution in [0.15, 0.2) is 46.9 Å². The summed E-state index contributed by atoms with van der Waals surface area (Å²) in [5.74, 6) is 0.111. The number of carbonyl (C=O) groups is 1. The second kappa shape index (κ2) is 5.80. The summed E-state index contributed by atoms with van der Waals surface area (Å²) in [6.45, 7) is 1.88. The molecule has 1 heterocycles. The van der Waals surface area contributed by atoms with Crippen molar-refractivity contribution in [3.05, 3.63) is 63.9 Å². The Morgan fingerprint density at radius 2 is 2.11 bits per heavy atom. The van der Waals surface area contributed by atoms with Gasteiger partial charge in [-0.05, 0) is 43.3 Å². The fraction of sp³-hybridized carbons (Fsp3) is 0.0667. The molecule has 0 fully saturated rings. The van der Waals surface area contributed by atoms with E-state index < -0.39 is 0 Å². The number of rotatable bonds is 3. The summed E-state index contributed by atoms with van der Waals surface area (Å²) in [6, 6.07) is 10.6. The van der Waals surface area contributed by atoms with Crippen LogP contribution in [0.2, 0.25) is 0 Å². The Morgan fingerprint density at radius 3 is 2.79 bits per heavy atom. The number of aromatic nitrogens is 1. The molecule has 19 heavy (non-hydrogen) atoms. The summed E-state index contributed by atoms with van der Waals surface area (Å²) in [6.07, 6.45) is 2.10. The highest BCUT2D eigenvalue weighted by Gasteiger charge is 2.11. The van der Waals surface area contributed by atoms with E-state index in [0.717, 1.165) is 10.2 Å². The normalized spacial score (nSPS) is 11.4. The van der Waals surface area contributed by atoms with Crippen LogP contribution >= 0.6 is 15.9 Å². The van der Waals surface area contributed by atoms with Gasteiger partial charge in [-0.2, -0.15) is 0 Å². The van der Waals surface area contributed by atoms with E-state index >= 15 is 0 Å². The molecular weight excluding hydrogens is 306 g/mol. The number of allylic oxidation sites excluding steroid dienone is 1. The first-order valence-corrected chi connectivity index (χ1v) is 6.49. The number of hydrogen-bond donors (Lipinski definition) is 1. The van der Waals surface area contributed by atoms with E-state index in [1.807, 2.05) is 25.1 Å². The van der Waals surface area contributed by atoms with Crippen LogP contribution in [0.25, 0.3) is 5.57 Å². The van der Waals surface area contributed by atoms with Crippen LogP contribution in [0.1, 0.15) is 17.0 Å². The second-order valence-electron chi connectivity index (χ2n) is 4.04. The topological polar surface area (TPSA) is 50.2 Å². The van der Waals surface area contributed by atoms with Crippen molar-refractivity contribution < 1.29 is 9.90 Å². The van der Waals surface area contributed by atoms with Gasteiger partial charge in [0.05, 0.1) is 5.69 Å². The Kier molecular flexibility index (Phi) is 4.12. The summed E-state index contributed by atoms with van der Waals surface area (Å²) in [5, 5.41) is 9.96. The number of halogens is 1. The van der Waals surface area contributed by atoms with E-state index in [-0.39, 0.29) is 5.75 Å². The zero-order valence-electron chi connectivity index (χ0n) is 10.3. The standard InChI is InChI=1S/C15H12BrNO2/c1-10-3-2-4-14(17-10)12(7-8-18)13-9-11(16)5-6-15(13)19/h2-9,19H,1H3/b12-7+. The molecule has 0 unspecified atom stereocenters. The van der Waals surface area contributed by atoms with Crippen LogP contribution in [0.4, 0.5) is 0 Å². The number of aldehydes is 1. The van der Waals surface area contributed by atoms with Crippen molar-refractivity contribution in [2.24, 2.45) is 0 Å². The monoisotopic (exact) mass is 317 g/mol. The highest BCUT2D eigenvalue weighted by molar-refractivity contribution is 9.10. The minimum Gasteiger partial charge on any atom is -0.507 e. The molecule has 0 saturated carbocycles. The maximum Gasteiger partial charge on any atom is 0.143 e. The lowest BCUT2D eigenvalue weighted by Crippen LogP contribution is -1.95. The van der Waals surface area contributed by atoms with Crippen LogP contribution in [-0.2, 0) is 4.79 Å². The van der Waals surface area contributed by atoms with Crippen molar-refractivity contribution in [3.8, 4) is 5.75 Å². The van der Waals surface area contributed by atoms with Gasteiger partial charge in [0.25, 0.3) is 0 Å². The molecular formula is C15H12BrNO2. The molecule has 0 aliphatic rings. The van der Waals surface area contributed by atoms with Gasteiger partial charge in [-0.15, -0.1) is 0 Å². The molecule has 2 aromatic rings. The Morgan fingerprint density at radius 1 is 1.32 bits per heavy atom. The van der Waals surface area contributed by atoms with Crippen LogP contribution < -0.4 is 0 Å². The van der Waals surface area contributed by atoms with Crippen LogP contribution in [0.5, 0.6) is 5.75 Å². The Bertz CT molecular complexity index is 650. The predicted molar refractivity (Wildman–Crippen MR) is 77.9 cm³/mol. The number of nitrogens with zero attached hydrogens (tertiary/aromatic N) is 1. The minimum absolute atomic E-state index is 0.111. The predicted octanol–water partition coefficient (Wildman–Crippen LogP) is 3.49. The molecule has 0 aliphatic heterocycles. The highest BCUT2D eigenvalue weighted by atomic mass is 79.9. The van der Waals surface area contributed by atoms with Crippen molar-refractivity contribution in [2.45, 2.75) is 6.92 Å². The lowest BCUT2D eigenvalue weighted by Gasteiger charge is -2.10. The molecule has 1 aromatic heterocycles. The lowest BCUT2D eigenvalue weighted by atomic mass is 10.0. The smallest absolute Gasteiger partial charge is 0.143 e. The number of phenols is 1. The van der Waals surface area contributed by atoms with Gasteiger partial charge in [0.1, 0.15) is 12.0 Å². The van der Waals surface area contributed by atoms with Crippen molar-refractivity contribution in [1.29, 1.82) is 0 Å². The first-order chi connectivity index (χ1) is 9.11. The van der Waals surface area contributed by atoms with Gasteiger partial charge in [-0.3, -0.25) is 9.78 Å². The average Bonchev–Trinajstić information content (AvgIpc) is 2.39. The van der Waals surface area contributed by atoms with Gasteiger partial charge in [-0.25, -0.2) is 0 Å². The van der Waals surface area contributed by atoms with Crippen molar-refractivity contribution in [3.63, 3.8) is 0 Å². The third-order valence-corrected chi connectivity index (χ3v) is 3.14. The number of pyridine rings is 1. The summed E-state index contributed by atoms with van der Waals surface area (Å²) in [7, 11) is 0. The van der Waals surface area contributed by atoms with Gasteiger partial charge >= 0.3 is 0 Å². The third-order valence-electron chi connectivity index (χ3n) is 2.65. The zero-order chi connectivity index (χ0) is 13.8. The Hall–Kier alpha value is -1.94. The second-order valence-corrected chi connectivity index (χ2v) is 4.96. The fourth-order valence-corrected chi connectivity index (χ4v) is 2.16. The van der Waals surface area contributed by atoms with E-state index in [2.05, 4.69) is 20.9 Å². The molecule has 1 aromatic carbocycles. The summed E-state index contributed by atoms with van der Waals surface area (Å²) < 4.78 is 0.824. The largest absolute Gasteiger partial charge is 0.507 e. The van der Waals surface area contributed by atoms with E-state index in [1.165, 1.54) is 6.08 Å². The number of phenolic OH excluding ortho intramolecular Hbond substituents is 1. The molecule has 3 nitrogen and oxygen atoms in total. The summed E-state index contributed by atoms with van der Waals surface area (Å²) in [4.78, 5) is 15.2. The first kappa shape index (κ1) is 13.5. The molecule has 1 N–H and O–H groups in total. The lowest BCUT2D eigenvalue weighted by molar-refractivity contribution is -0.104. The average molecular weight is 318 g/mol. The summed E-state index contributed by atoms with van der Waals surface area (Å²) >= 11 is 3.36. The van der Waals surface area contributed by atoms with Crippen LogP contribution in [0, 0.1) is 6.92 Å². The fourth-order valence-electron chi connectivity index (χ4n) is 1.80. The van der Waals surface area contributed by atoms with E-state index in [9.17, 15) is 9.90 Å². The van der Waals surface area contributed by atoms with E-state index in [0.29, 0.717) is 23.1 Å². The zero-order valence-corrected chi connectivity index (χ0v) is 11.9. The number of benzene rings is 1. The first-order valence-electron chi connectivity index (χ1n) is 5.70. The van der Waals surface area contributed by atoms with Crippen molar-refractivity contribution >= 4 is 27.8 Å². The van der Waals surface area contributed by atoms with Gasteiger partial charge < -0.3 is 5.11 Å². The summed E-state index contributed by atoms with van der Waals surface area (Å²) in [5.41, 5.74) is 2.67. The van der Waals surface area contributed by atoms with Crippen LogP contribution in [0.3, 0.4) is 0 Å². The van der Waals surface area contributed by atoms with Gasteiger partial charge in [0, 0.05) is 21.3 Å². The Balaban J connectivity index is 2.62. The van der Waals surface area contributed by atoms with E-state index in [1.54, 1.807) is 18.2 Å². The minimum atomic E-state index is 0.111. The SMILES string of the molecule is Cc1cccc(/C(=C/C=O)c2cc(Br)ccc2O)n1. The van der Waals surface area contributed by atoms with Crippen molar-refractivity contribution in [2.75, 3.05) is 0 Å².